The van der Waals surface area contributed by atoms with E-state index in [1.165, 1.54) is 18.4 Å². The monoisotopic (exact) mass is 301 g/mol. The Morgan fingerprint density at radius 3 is 2.59 bits per heavy atom. The fourth-order valence-electron chi connectivity index (χ4n) is 2.41. The van der Waals surface area contributed by atoms with Gasteiger partial charge in [-0.3, -0.25) is 4.79 Å². The summed E-state index contributed by atoms with van der Waals surface area (Å²) in [6.07, 6.45) is 8.01. The molecule has 3 amide bonds. The van der Waals surface area contributed by atoms with Crippen molar-refractivity contribution in [2.75, 3.05) is 18.4 Å². The van der Waals surface area contributed by atoms with Gasteiger partial charge in [0.05, 0.1) is 6.54 Å². The number of benzene rings is 1. The molecule has 1 aromatic carbocycles. The number of anilines is 1. The molecule has 5 heteroatoms. The van der Waals surface area contributed by atoms with Gasteiger partial charge in [-0.1, -0.05) is 29.8 Å². The van der Waals surface area contributed by atoms with Gasteiger partial charge in [-0.25, -0.2) is 4.79 Å². The highest BCUT2D eigenvalue weighted by Crippen LogP contribution is 2.19. The minimum atomic E-state index is -0.378. The van der Waals surface area contributed by atoms with Crippen LogP contribution in [0.25, 0.3) is 0 Å². The molecule has 5 nitrogen and oxygen atoms in total. The molecule has 1 aromatic rings. The number of amides is 3. The van der Waals surface area contributed by atoms with E-state index in [-0.39, 0.29) is 18.5 Å². The van der Waals surface area contributed by atoms with Gasteiger partial charge in [0.1, 0.15) is 0 Å². The molecule has 0 unspecified atom stereocenters. The van der Waals surface area contributed by atoms with Crippen molar-refractivity contribution < 1.29 is 9.59 Å². The van der Waals surface area contributed by atoms with Crippen LogP contribution in [0.3, 0.4) is 0 Å². The number of para-hydroxylation sites is 1. The first-order valence-corrected chi connectivity index (χ1v) is 7.78. The Hall–Kier alpha value is -2.30. The molecule has 3 N–H and O–H groups in total. The topological polar surface area (TPSA) is 70.2 Å². The number of carbonyl (C=O) groups is 2. The normalized spacial score (nSPS) is 13.9. The van der Waals surface area contributed by atoms with Crippen LogP contribution in [-0.2, 0) is 4.79 Å². The lowest BCUT2D eigenvalue weighted by Crippen LogP contribution is -2.39. The Morgan fingerprint density at radius 2 is 1.86 bits per heavy atom. The second-order valence-electron chi connectivity index (χ2n) is 5.38. The summed E-state index contributed by atoms with van der Waals surface area (Å²) in [7, 11) is 0. The Bertz CT molecular complexity index is 526. The zero-order valence-corrected chi connectivity index (χ0v) is 12.7. The Kier molecular flexibility index (Phi) is 6.48. The Morgan fingerprint density at radius 1 is 1.05 bits per heavy atom. The average Bonchev–Trinajstić information content (AvgIpc) is 2.55. The lowest BCUT2D eigenvalue weighted by atomic mass is 9.97. The van der Waals surface area contributed by atoms with E-state index >= 15 is 0 Å². The lowest BCUT2D eigenvalue weighted by molar-refractivity contribution is -0.120. The highest BCUT2D eigenvalue weighted by molar-refractivity contribution is 5.92. The summed E-state index contributed by atoms with van der Waals surface area (Å²) in [4.78, 5) is 23.3. The summed E-state index contributed by atoms with van der Waals surface area (Å²) in [5.41, 5.74) is 2.13. The van der Waals surface area contributed by atoms with Gasteiger partial charge in [-0.05, 0) is 44.2 Å². The van der Waals surface area contributed by atoms with Crippen LogP contribution >= 0.6 is 0 Å². The van der Waals surface area contributed by atoms with Crippen LogP contribution < -0.4 is 16.0 Å². The average molecular weight is 301 g/mol. The van der Waals surface area contributed by atoms with E-state index in [4.69, 9.17) is 0 Å². The first-order valence-electron chi connectivity index (χ1n) is 7.78. The van der Waals surface area contributed by atoms with Crippen LogP contribution in [0.2, 0.25) is 0 Å². The molecule has 0 heterocycles. The van der Waals surface area contributed by atoms with Crippen molar-refractivity contribution in [2.24, 2.45) is 0 Å². The van der Waals surface area contributed by atoms with E-state index in [1.807, 2.05) is 18.2 Å². The third-order valence-electron chi connectivity index (χ3n) is 3.59. The van der Waals surface area contributed by atoms with Gasteiger partial charge in [0.2, 0.25) is 5.91 Å². The number of urea groups is 1. The number of hydrogen-bond acceptors (Lipinski definition) is 2. The molecule has 0 saturated carbocycles. The van der Waals surface area contributed by atoms with E-state index in [0.717, 1.165) is 19.3 Å². The molecule has 22 heavy (non-hydrogen) atoms. The van der Waals surface area contributed by atoms with Gasteiger partial charge >= 0.3 is 6.03 Å². The number of rotatable bonds is 6. The second-order valence-corrected chi connectivity index (χ2v) is 5.38. The summed E-state index contributed by atoms with van der Waals surface area (Å²) in [6, 6.07) is 8.74. The third-order valence-corrected chi connectivity index (χ3v) is 3.59. The predicted octanol–water partition coefficient (Wildman–Crippen LogP) is 2.81. The van der Waals surface area contributed by atoms with Crippen molar-refractivity contribution in [3.8, 4) is 0 Å². The minimum absolute atomic E-state index is 0.0162. The second kappa shape index (κ2) is 8.87. The lowest BCUT2D eigenvalue weighted by Gasteiger charge is -2.13. The zero-order chi connectivity index (χ0) is 15.6. The van der Waals surface area contributed by atoms with Crippen molar-refractivity contribution in [1.29, 1.82) is 0 Å². The van der Waals surface area contributed by atoms with E-state index in [2.05, 4.69) is 22.0 Å². The Labute approximate surface area is 131 Å². The van der Waals surface area contributed by atoms with Crippen LogP contribution in [-0.4, -0.2) is 25.0 Å². The van der Waals surface area contributed by atoms with Crippen molar-refractivity contribution in [2.45, 2.75) is 32.1 Å². The molecule has 118 valence electrons. The molecule has 0 aliphatic heterocycles. The standard InChI is InChI=1S/C17H23N3O2/c21-16(18-12-11-14-7-3-1-4-8-14)13-19-17(22)20-15-9-5-2-6-10-15/h2,5-7,9-10H,1,3-4,8,11-13H2,(H,18,21)(H2,19,20,22). The van der Waals surface area contributed by atoms with Gasteiger partial charge in [0.15, 0.2) is 0 Å². The summed E-state index contributed by atoms with van der Waals surface area (Å²) < 4.78 is 0. The highest BCUT2D eigenvalue weighted by atomic mass is 16.2. The van der Waals surface area contributed by atoms with Crippen LogP contribution in [0.4, 0.5) is 10.5 Å². The zero-order valence-electron chi connectivity index (χ0n) is 12.7. The molecule has 0 aromatic heterocycles. The first-order chi connectivity index (χ1) is 10.7. The maximum absolute atomic E-state index is 11.7. The summed E-state index contributed by atoms with van der Waals surface area (Å²) in [5.74, 6) is -0.167. The molecular formula is C17H23N3O2. The van der Waals surface area contributed by atoms with Gasteiger partial charge in [0.25, 0.3) is 0 Å². The van der Waals surface area contributed by atoms with Crippen LogP contribution in [0.5, 0.6) is 0 Å². The largest absolute Gasteiger partial charge is 0.354 e. The van der Waals surface area contributed by atoms with E-state index in [9.17, 15) is 9.59 Å². The van der Waals surface area contributed by atoms with Crippen LogP contribution in [0, 0.1) is 0 Å². The molecular weight excluding hydrogens is 278 g/mol. The van der Waals surface area contributed by atoms with Gasteiger partial charge in [-0.2, -0.15) is 0 Å². The van der Waals surface area contributed by atoms with Gasteiger partial charge in [-0.15, -0.1) is 0 Å². The number of carbonyl (C=O) groups excluding carboxylic acids is 2. The molecule has 0 radical (unpaired) electrons. The number of allylic oxidation sites excluding steroid dienone is 1. The van der Waals surface area contributed by atoms with Crippen molar-refractivity contribution in [3.63, 3.8) is 0 Å². The molecule has 0 saturated heterocycles. The quantitative estimate of drug-likeness (QED) is 0.707. The minimum Gasteiger partial charge on any atom is -0.354 e. The molecule has 0 bridgehead atoms. The SMILES string of the molecule is O=C(CNC(=O)Nc1ccccc1)NCCC1=CCCCC1. The summed E-state index contributed by atoms with van der Waals surface area (Å²) in [5, 5.41) is 8.04. The molecule has 0 fully saturated rings. The van der Waals surface area contributed by atoms with Crippen molar-refractivity contribution >= 4 is 17.6 Å². The molecule has 0 atom stereocenters. The highest BCUT2D eigenvalue weighted by Gasteiger charge is 2.07. The van der Waals surface area contributed by atoms with Crippen molar-refractivity contribution in [3.05, 3.63) is 42.0 Å². The predicted molar refractivity (Wildman–Crippen MR) is 87.6 cm³/mol. The Balaban J connectivity index is 1.59. The van der Waals surface area contributed by atoms with E-state index < -0.39 is 0 Å². The van der Waals surface area contributed by atoms with E-state index in [0.29, 0.717) is 12.2 Å². The fourth-order valence-corrected chi connectivity index (χ4v) is 2.41. The van der Waals surface area contributed by atoms with Gasteiger partial charge < -0.3 is 16.0 Å². The first kappa shape index (κ1) is 16.1. The van der Waals surface area contributed by atoms with Crippen LogP contribution in [0.15, 0.2) is 42.0 Å². The molecule has 1 aliphatic carbocycles. The summed E-state index contributed by atoms with van der Waals surface area (Å²) in [6.45, 7) is 0.615. The molecule has 1 aliphatic rings. The molecule has 2 rings (SSSR count). The summed E-state index contributed by atoms with van der Waals surface area (Å²) >= 11 is 0. The number of hydrogen-bond donors (Lipinski definition) is 3. The smallest absolute Gasteiger partial charge is 0.319 e. The number of nitrogens with one attached hydrogen (secondary N) is 3. The third kappa shape index (κ3) is 5.99. The van der Waals surface area contributed by atoms with Crippen molar-refractivity contribution in [1.82, 2.24) is 10.6 Å². The fraction of sp³-hybridized carbons (Fsp3) is 0.412. The maximum atomic E-state index is 11.7. The maximum Gasteiger partial charge on any atom is 0.319 e. The van der Waals surface area contributed by atoms with E-state index in [1.54, 1.807) is 12.1 Å². The molecule has 0 spiro atoms. The van der Waals surface area contributed by atoms with Gasteiger partial charge in [0, 0.05) is 12.2 Å². The van der Waals surface area contributed by atoms with Crippen LogP contribution in [0.1, 0.15) is 32.1 Å².